The molecule has 0 spiro atoms. The molecule has 0 unspecified atom stereocenters. The molecule has 3 aromatic rings. The van der Waals surface area contributed by atoms with Gasteiger partial charge in [0.15, 0.2) is 0 Å². The zero-order valence-corrected chi connectivity index (χ0v) is 10.1. The van der Waals surface area contributed by atoms with Gasteiger partial charge in [-0.05, 0) is 46.2 Å². The predicted octanol–water partition coefficient (Wildman–Crippen LogP) is 0.977. The minimum Gasteiger partial charge on any atom is -0.423 e. The summed E-state index contributed by atoms with van der Waals surface area (Å²) in [5, 5.41) is 19.4. The maximum absolute atomic E-state index is 9.33. The molecule has 0 aliphatic heterocycles. The monoisotopic (exact) mass is 250 g/mol. The van der Waals surface area contributed by atoms with Gasteiger partial charge in [0.1, 0.15) is 0 Å². The van der Waals surface area contributed by atoms with Crippen LogP contribution in [0.4, 0.5) is 0 Å². The molecule has 92 valence electrons. The smallest absolute Gasteiger partial charge is 0.423 e. The quantitative estimate of drug-likeness (QED) is 0.665. The lowest BCUT2D eigenvalue weighted by atomic mass is 9.78. The van der Waals surface area contributed by atoms with Crippen molar-refractivity contribution in [3.8, 4) is 11.1 Å². The van der Waals surface area contributed by atoms with Crippen LogP contribution in [-0.2, 0) is 0 Å². The van der Waals surface area contributed by atoms with Crippen LogP contribution in [0.25, 0.3) is 22.0 Å². The Labute approximate surface area is 110 Å². The first-order valence-corrected chi connectivity index (χ1v) is 5.91. The van der Waals surface area contributed by atoms with Crippen LogP contribution in [0.2, 0.25) is 0 Å². The van der Waals surface area contributed by atoms with E-state index in [0.29, 0.717) is 5.46 Å². The Kier molecular flexibility index (Phi) is 2.99. The van der Waals surface area contributed by atoms with Gasteiger partial charge in [-0.3, -0.25) is 9.97 Å². The number of hydrogen-bond donors (Lipinski definition) is 2. The summed E-state index contributed by atoms with van der Waals surface area (Å²) in [5.41, 5.74) is 3.27. The second-order valence-corrected chi connectivity index (χ2v) is 4.24. The van der Waals surface area contributed by atoms with Gasteiger partial charge in [0, 0.05) is 18.6 Å². The van der Waals surface area contributed by atoms with Crippen LogP contribution in [0.5, 0.6) is 0 Å². The van der Waals surface area contributed by atoms with E-state index < -0.39 is 7.12 Å². The van der Waals surface area contributed by atoms with E-state index in [1.165, 1.54) is 0 Å². The van der Waals surface area contributed by atoms with Crippen LogP contribution >= 0.6 is 0 Å². The van der Waals surface area contributed by atoms with E-state index in [-0.39, 0.29) is 0 Å². The zero-order valence-electron chi connectivity index (χ0n) is 10.1. The number of nitrogens with zero attached hydrogens (tertiary/aromatic N) is 2. The van der Waals surface area contributed by atoms with Gasteiger partial charge >= 0.3 is 7.12 Å². The van der Waals surface area contributed by atoms with Crippen LogP contribution in [0.3, 0.4) is 0 Å². The molecule has 1 aromatic carbocycles. The van der Waals surface area contributed by atoms with Crippen LogP contribution in [-0.4, -0.2) is 27.1 Å². The number of benzene rings is 1. The third-order valence-electron chi connectivity index (χ3n) is 3.07. The summed E-state index contributed by atoms with van der Waals surface area (Å²) in [4.78, 5) is 8.26. The van der Waals surface area contributed by atoms with Gasteiger partial charge in [0.05, 0.1) is 5.52 Å². The van der Waals surface area contributed by atoms with E-state index in [4.69, 9.17) is 0 Å². The summed E-state index contributed by atoms with van der Waals surface area (Å²) >= 11 is 0. The lowest BCUT2D eigenvalue weighted by molar-refractivity contribution is 0.426. The van der Waals surface area contributed by atoms with E-state index in [1.54, 1.807) is 24.7 Å². The van der Waals surface area contributed by atoms with E-state index in [1.807, 2.05) is 30.3 Å². The number of rotatable bonds is 2. The SMILES string of the molecule is OB(O)c1ccnc2cc(-c3ccncc3)ccc12. The van der Waals surface area contributed by atoms with Crippen molar-refractivity contribution in [1.82, 2.24) is 9.97 Å². The van der Waals surface area contributed by atoms with E-state index in [2.05, 4.69) is 9.97 Å². The number of aromatic nitrogens is 2. The average molecular weight is 250 g/mol. The van der Waals surface area contributed by atoms with Gasteiger partial charge in [-0.2, -0.15) is 0 Å². The molecule has 2 N–H and O–H groups in total. The van der Waals surface area contributed by atoms with Gasteiger partial charge in [0.2, 0.25) is 0 Å². The number of hydrogen-bond acceptors (Lipinski definition) is 4. The topological polar surface area (TPSA) is 66.2 Å². The second kappa shape index (κ2) is 4.80. The van der Waals surface area contributed by atoms with Crippen molar-refractivity contribution in [2.24, 2.45) is 0 Å². The molecule has 5 heteroatoms. The molecule has 2 heterocycles. The normalized spacial score (nSPS) is 10.6. The van der Waals surface area contributed by atoms with Crippen molar-refractivity contribution in [2.45, 2.75) is 0 Å². The Hall–Kier alpha value is -2.24. The molecule has 19 heavy (non-hydrogen) atoms. The van der Waals surface area contributed by atoms with Crippen molar-refractivity contribution in [3.05, 3.63) is 55.0 Å². The van der Waals surface area contributed by atoms with Crippen LogP contribution < -0.4 is 5.46 Å². The molecular formula is C14H11BN2O2. The summed E-state index contributed by atoms with van der Waals surface area (Å²) in [6.45, 7) is 0. The largest absolute Gasteiger partial charge is 0.489 e. The molecule has 0 radical (unpaired) electrons. The molecule has 0 saturated carbocycles. The molecule has 4 nitrogen and oxygen atoms in total. The average Bonchev–Trinajstić information content (AvgIpc) is 2.47. The fraction of sp³-hybridized carbons (Fsp3) is 0. The molecule has 0 bridgehead atoms. The standard InChI is InChI=1S/C14H11BN2O2/c18-15(19)13-5-8-17-14-9-11(1-2-12(13)14)10-3-6-16-7-4-10/h1-9,18-19H. The van der Waals surface area contributed by atoms with Crippen molar-refractivity contribution in [1.29, 1.82) is 0 Å². The van der Waals surface area contributed by atoms with Crippen molar-refractivity contribution in [3.63, 3.8) is 0 Å². The van der Waals surface area contributed by atoms with E-state index >= 15 is 0 Å². The highest BCUT2D eigenvalue weighted by atomic mass is 16.4. The van der Waals surface area contributed by atoms with Gasteiger partial charge in [-0.1, -0.05) is 12.1 Å². The van der Waals surface area contributed by atoms with Crippen LogP contribution in [0.15, 0.2) is 55.0 Å². The van der Waals surface area contributed by atoms with Crippen LogP contribution in [0.1, 0.15) is 0 Å². The summed E-state index contributed by atoms with van der Waals surface area (Å²) in [6, 6.07) is 11.2. The third kappa shape index (κ3) is 2.21. The maximum Gasteiger partial charge on any atom is 0.489 e. The Morgan fingerprint density at radius 1 is 0.842 bits per heavy atom. The van der Waals surface area contributed by atoms with Gasteiger partial charge in [-0.15, -0.1) is 0 Å². The zero-order chi connectivity index (χ0) is 13.2. The fourth-order valence-corrected chi connectivity index (χ4v) is 2.12. The molecule has 0 aliphatic carbocycles. The molecule has 0 fully saturated rings. The predicted molar refractivity (Wildman–Crippen MR) is 74.8 cm³/mol. The highest BCUT2D eigenvalue weighted by Crippen LogP contribution is 2.22. The number of fused-ring (bicyclic) bond motifs is 1. The second-order valence-electron chi connectivity index (χ2n) is 4.24. The Bertz CT molecular complexity index is 717. The molecule has 3 rings (SSSR count). The van der Waals surface area contributed by atoms with Crippen LogP contribution in [0, 0.1) is 0 Å². The minimum absolute atomic E-state index is 0.464. The first-order valence-electron chi connectivity index (χ1n) is 5.91. The van der Waals surface area contributed by atoms with Crippen molar-refractivity contribution >= 4 is 23.5 Å². The molecular weight excluding hydrogens is 239 g/mol. The Balaban J connectivity index is 2.18. The summed E-state index contributed by atoms with van der Waals surface area (Å²) in [6.07, 6.45) is 5.05. The first kappa shape index (κ1) is 11.8. The molecule has 2 aromatic heterocycles. The van der Waals surface area contributed by atoms with Gasteiger partial charge in [-0.25, -0.2) is 0 Å². The third-order valence-corrected chi connectivity index (χ3v) is 3.07. The van der Waals surface area contributed by atoms with Gasteiger partial charge < -0.3 is 10.0 Å². The lowest BCUT2D eigenvalue weighted by Gasteiger charge is -2.07. The van der Waals surface area contributed by atoms with E-state index in [9.17, 15) is 10.0 Å². The molecule has 0 aliphatic rings. The Morgan fingerprint density at radius 3 is 2.37 bits per heavy atom. The van der Waals surface area contributed by atoms with Crippen molar-refractivity contribution < 1.29 is 10.0 Å². The highest BCUT2D eigenvalue weighted by molar-refractivity contribution is 6.61. The lowest BCUT2D eigenvalue weighted by Crippen LogP contribution is -2.30. The minimum atomic E-state index is -1.49. The molecule has 0 saturated heterocycles. The highest BCUT2D eigenvalue weighted by Gasteiger charge is 2.14. The van der Waals surface area contributed by atoms with Gasteiger partial charge in [0.25, 0.3) is 0 Å². The summed E-state index contributed by atoms with van der Waals surface area (Å²) in [7, 11) is -1.49. The maximum atomic E-state index is 9.33. The number of pyridine rings is 2. The molecule has 0 amide bonds. The summed E-state index contributed by atoms with van der Waals surface area (Å²) < 4.78 is 0. The Morgan fingerprint density at radius 2 is 1.63 bits per heavy atom. The molecule has 0 atom stereocenters. The summed E-state index contributed by atoms with van der Waals surface area (Å²) in [5.74, 6) is 0. The van der Waals surface area contributed by atoms with E-state index in [0.717, 1.165) is 22.0 Å². The fourth-order valence-electron chi connectivity index (χ4n) is 2.12. The first-order chi connectivity index (χ1) is 9.25. The van der Waals surface area contributed by atoms with Crippen molar-refractivity contribution in [2.75, 3.05) is 0 Å².